The van der Waals surface area contributed by atoms with Crippen molar-refractivity contribution in [1.29, 1.82) is 0 Å². The Morgan fingerprint density at radius 3 is 2.29 bits per heavy atom. The van der Waals surface area contributed by atoms with Gasteiger partial charge in [0.15, 0.2) is 6.29 Å². The van der Waals surface area contributed by atoms with Crippen LogP contribution in [0, 0.1) is 5.41 Å². The quantitative estimate of drug-likeness (QED) is 0.0394. The number of benzene rings is 1. The molecule has 1 saturated heterocycles. The van der Waals surface area contributed by atoms with Crippen molar-refractivity contribution in [2.75, 3.05) is 44.2 Å². The number of nitrogens with two attached hydrogens (primary N) is 3. The molecule has 4 amide bonds. The maximum atomic E-state index is 12.9. The molecule has 1 aromatic carbocycles. The smallest absolute Gasteiger partial charge is 0.249 e. The number of aryl methyl sites for hydroxylation is 1. The Morgan fingerprint density at radius 1 is 0.931 bits per heavy atom. The summed E-state index contributed by atoms with van der Waals surface area (Å²) >= 11 is 1.22. The Balaban J connectivity index is 1.33. The number of hydrogen-bond acceptors (Lipinski definition) is 16. The fourth-order valence-electron chi connectivity index (χ4n) is 6.71. The van der Waals surface area contributed by atoms with E-state index in [1.807, 2.05) is 30.3 Å². The molecule has 3 rings (SSSR count). The van der Waals surface area contributed by atoms with Gasteiger partial charge in [0, 0.05) is 62.4 Å². The monoisotopic (exact) mass is 841 g/mol. The molecule has 1 heterocycles. The number of carbonyl (C=O) groups is 5. The molecular weight excluding hydrogens is 779 g/mol. The number of rotatable bonds is 22. The van der Waals surface area contributed by atoms with Crippen LogP contribution < -0.4 is 33.2 Å². The summed E-state index contributed by atoms with van der Waals surface area (Å²) in [5.41, 5.74) is 17.9. The van der Waals surface area contributed by atoms with Crippen LogP contribution in [0.15, 0.2) is 30.3 Å². The van der Waals surface area contributed by atoms with Crippen molar-refractivity contribution in [3.8, 4) is 0 Å². The van der Waals surface area contributed by atoms with Gasteiger partial charge in [0.05, 0.1) is 24.3 Å². The molecular formula is C38H63N7O12S. The third-order valence-corrected chi connectivity index (χ3v) is 11.1. The van der Waals surface area contributed by atoms with Gasteiger partial charge in [-0.1, -0.05) is 44.2 Å². The van der Waals surface area contributed by atoms with Crippen molar-refractivity contribution in [2.45, 2.75) is 120 Å². The highest BCUT2D eigenvalue weighted by Crippen LogP contribution is 2.27. The summed E-state index contributed by atoms with van der Waals surface area (Å²) in [5, 5.41) is 60.4. The van der Waals surface area contributed by atoms with Gasteiger partial charge in [0.25, 0.3) is 0 Å². The van der Waals surface area contributed by atoms with Gasteiger partial charge in [0.2, 0.25) is 23.6 Å². The molecule has 2 fully saturated rings. The van der Waals surface area contributed by atoms with E-state index in [4.69, 9.17) is 26.7 Å². The van der Waals surface area contributed by atoms with E-state index < -0.39 is 84.4 Å². The Bertz CT molecular complexity index is 1500. The van der Waals surface area contributed by atoms with Crippen molar-refractivity contribution in [3.05, 3.63) is 35.9 Å². The first kappa shape index (κ1) is 49.1. The first-order valence-electron chi connectivity index (χ1n) is 19.5. The highest BCUT2D eigenvalue weighted by Gasteiger charge is 2.48. The molecule has 0 bridgehead atoms. The van der Waals surface area contributed by atoms with E-state index in [9.17, 15) is 49.5 Å². The van der Waals surface area contributed by atoms with Crippen LogP contribution in [0.25, 0.3) is 0 Å². The standard InChI is InChI=1S/C38H63N7O12S/c1-21(46)16-28(49)45(14-7-10-22-8-5-4-6-9-22)20-38(2,3)35(54)36(55)43-12-11-26(47)42-13-15-58-19-27(48)44-18-25-31(51)32(52)29(41)37(56-25)57-34-24(40)17-23(39)30(50)33(34)53/h4-6,8-9,23-25,29-35,37,50-54H,7,10-20,39-41H2,1-3H3,(H,42,47)(H,43,55)(H,44,48)/t23-,24+,25-,29-,30+,31-,32-,33-,34-,35+,37-/m1/s1. The molecule has 0 aromatic heterocycles. The number of ether oxygens (including phenoxy) is 2. The number of ketones is 1. The van der Waals surface area contributed by atoms with Gasteiger partial charge in [-0.2, -0.15) is 11.8 Å². The van der Waals surface area contributed by atoms with Crippen LogP contribution in [0.2, 0.25) is 0 Å². The summed E-state index contributed by atoms with van der Waals surface area (Å²) in [5.74, 6) is -1.79. The summed E-state index contributed by atoms with van der Waals surface area (Å²) in [6, 6.07) is 6.98. The van der Waals surface area contributed by atoms with E-state index in [0.717, 1.165) is 5.56 Å². The largest absolute Gasteiger partial charge is 0.389 e. The molecule has 0 radical (unpaired) electrons. The maximum absolute atomic E-state index is 12.9. The Hall–Kier alpha value is -3.28. The average molecular weight is 842 g/mol. The van der Waals surface area contributed by atoms with Crippen molar-refractivity contribution < 1.29 is 59.0 Å². The molecule has 11 atom stereocenters. The van der Waals surface area contributed by atoms with Gasteiger partial charge in [-0.05, 0) is 31.7 Å². The number of Topliss-reactive ketones (excluding diaryl/α,β-unsaturated/α-hetero) is 1. The van der Waals surface area contributed by atoms with Crippen LogP contribution in [0.1, 0.15) is 52.0 Å². The fraction of sp³-hybridized carbons (Fsp3) is 0.711. The van der Waals surface area contributed by atoms with E-state index >= 15 is 0 Å². The first-order valence-corrected chi connectivity index (χ1v) is 20.7. The van der Waals surface area contributed by atoms with Gasteiger partial charge < -0.3 is 73.1 Å². The molecule has 58 heavy (non-hydrogen) atoms. The number of aliphatic hydroxyl groups excluding tert-OH is 5. The second kappa shape index (κ2) is 23.5. The predicted molar refractivity (Wildman–Crippen MR) is 214 cm³/mol. The van der Waals surface area contributed by atoms with Crippen LogP contribution in [0.4, 0.5) is 0 Å². The van der Waals surface area contributed by atoms with Gasteiger partial charge in [-0.15, -0.1) is 0 Å². The van der Waals surface area contributed by atoms with Crippen LogP contribution >= 0.6 is 11.8 Å². The van der Waals surface area contributed by atoms with Gasteiger partial charge >= 0.3 is 0 Å². The molecule has 0 unspecified atom stereocenters. The van der Waals surface area contributed by atoms with Crippen molar-refractivity contribution >= 4 is 41.2 Å². The van der Waals surface area contributed by atoms with Crippen LogP contribution in [0.5, 0.6) is 0 Å². The number of hydrogen-bond donors (Lipinski definition) is 11. The molecule has 328 valence electrons. The minimum atomic E-state index is -1.50. The topological polar surface area (TPSA) is 322 Å². The lowest BCUT2D eigenvalue weighted by Crippen LogP contribution is -2.67. The van der Waals surface area contributed by atoms with Crippen LogP contribution in [0.3, 0.4) is 0 Å². The highest BCUT2D eigenvalue weighted by atomic mass is 32.2. The summed E-state index contributed by atoms with van der Waals surface area (Å²) in [7, 11) is 0. The van der Waals surface area contributed by atoms with Gasteiger partial charge in [-0.3, -0.25) is 24.0 Å². The average Bonchev–Trinajstić information content (AvgIpc) is 3.17. The number of nitrogens with zero attached hydrogens (tertiary/aromatic N) is 1. The van der Waals surface area contributed by atoms with Crippen molar-refractivity contribution in [3.63, 3.8) is 0 Å². The number of amides is 4. The Labute approximate surface area is 343 Å². The van der Waals surface area contributed by atoms with E-state index in [-0.39, 0.29) is 68.8 Å². The lowest BCUT2D eigenvalue weighted by Gasteiger charge is -2.45. The normalized spacial score (nSPS) is 27.9. The second-order valence-corrected chi connectivity index (χ2v) is 16.8. The fourth-order valence-corrected chi connectivity index (χ4v) is 7.39. The third kappa shape index (κ3) is 15.1. The molecule has 14 N–H and O–H groups in total. The van der Waals surface area contributed by atoms with E-state index in [1.54, 1.807) is 13.8 Å². The summed E-state index contributed by atoms with van der Waals surface area (Å²) in [6.45, 7) is 4.96. The summed E-state index contributed by atoms with van der Waals surface area (Å²) in [4.78, 5) is 63.8. The minimum Gasteiger partial charge on any atom is -0.389 e. The molecule has 1 aliphatic carbocycles. The Kier molecular flexibility index (Phi) is 19.9. The lowest BCUT2D eigenvalue weighted by molar-refractivity contribution is -0.288. The minimum absolute atomic E-state index is 0.00349. The molecule has 1 aliphatic heterocycles. The van der Waals surface area contributed by atoms with Gasteiger partial charge in [-0.25, -0.2) is 0 Å². The Morgan fingerprint density at radius 2 is 1.62 bits per heavy atom. The van der Waals surface area contributed by atoms with E-state index in [2.05, 4.69) is 16.0 Å². The molecule has 19 nitrogen and oxygen atoms in total. The number of carbonyl (C=O) groups excluding carboxylic acids is 5. The van der Waals surface area contributed by atoms with Crippen LogP contribution in [-0.4, -0.2) is 171 Å². The number of aliphatic hydroxyl groups is 5. The van der Waals surface area contributed by atoms with E-state index in [1.165, 1.54) is 23.6 Å². The molecule has 2 aliphatic rings. The predicted octanol–water partition coefficient (Wildman–Crippen LogP) is -3.77. The van der Waals surface area contributed by atoms with Crippen molar-refractivity contribution in [2.24, 2.45) is 22.6 Å². The zero-order valence-corrected chi connectivity index (χ0v) is 34.2. The van der Waals surface area contributed by atoms with Gasteiger partial charge in [0.1, 0.15) is 42.4 Å². The number of nitrogens with one attached hydrogen (secondary N) is 3. The summed E-state index contributed by atoms with van der Waals surface area (Å²) < 4.78 is 11.5. The molecule has 1 saturated carbocycles. The SMILES string of the molecule is CC(=O)CC(=O)N(CCCc1ccccc1)CC(C)(C)[C@@H](O)C(=O)NCCC(=O)NCCSCC(=O)NC[C@H]1O[C@H](O[C@H]2[C@H](O)[C@@H](O)[C@H](N)C[C@@H]2N)[C@H](N)[C@@H](O)[C@@H]1O. The zero-order chi connectivity index (χ0) is 43.2. The van der Waals surface area contributed by atoms with Crippen LogP contribution in [-0.2, 0) is 39.9 Å². The van der Waals surface area contributed by atoms with E-state index in [0.29, 0.717) is 25.1 Å². The maximum Gasteiger partial charge on any atom is 0.249 e. The molecule has 20 heteroatoms. The third-order valence-electron chi connectivity index (χ3n) is 10.2. The summed E-state index contributed by atoms with van der Waals surface area (Å²) in [6.07, 6.45) is -9.67. The number of thioether (sulfide) groups is 1. The molecule has 0 spiro atoms. The first-order chi connectivity index (χ1) is 27.3. The van der Waals surface area contributed by atoms with Crippen molar-refractivity contribution in [1.82, 2.24) is 20.9 Å². The highest BCUT2D eigenvalue weighted by molar-refractivity contribution is 7.99. The zero-order valence-electron chi connectivity index (χ0n) is 33.4. The second-order valence-electron chi connectivity index (χ2n) is 15.7. The molecule has 1 aromatic rings. The lowest BCUT2D eigenvalue weighted by atomic mass is 9.84.